The first-order valence-corrected chi connectivity index (χ1v) is 10.5. The van der Waals surface area contributed by atoms with Crippen LogP contribution in [0.3, 0.4) is 0 Å². The van der Waals surface area contributed by atoms with Gasteiger partial charge in [0, 0.05) is 19.8 Å². The molecule has 0 bridgehead atoms. The Hall–Kier alpha value is 0.170. The van der Waals surface area contributed by atoms with Gasteiger partial charge in [0.15, 0.2) is 0 Å². The van der Waals surface area contributed by atoms with Crippen molar-refractivity contribution in [1.82, 2.24) is 0 Å². The predicted octanol–water partition coefficient (Wildman–Crippen LogP) is 6.27. The predicted molar refractivity (Wildman–Crippen MR) is 113 cm³/mol. The van der Waals surface area contributed by atoms with Crippen LogP contribution in [0.2, 0.25) is 0 Å². The lowest BCUT2D eigenvalue weighted by Gasteiger charge is -2.33. The van der Waals surface area contributed by atoms with Gasteiger partial charge in [-0.2, -0.15) is 0 Å². The highest BCUT2D eigenvalue weighted by Crippen LogP contribution is 2.19. The van der Waals surface area contributed by atoms with Gasteiger partial charge in [0.1, 0.15) is 0 Å². The van der Waals surface area contributed by atoms with Crippen LogP contribution < -0.4 is 5.73 Å². The van der Waals surface area contributed by atoms with Gasteiger partial charge in [-0.15, -0.1) is 12.4 Å². The average Bonchev–Trinajstić information content (AvgIpc) is 2.56. The lowest BCUT2D eigenvalue weighted by molar-refractivity contribution is -0.124. The van der Waals surface area contributed by atoms with Gasteiger partial charge < -0.3 is 15.2 Å². The van der Waals surface area contributed by atoms with E-state index >= 15 is 0 Å². The van der Waals surface area contributed by atoms with Crippen LogP contribution >= 0.6 is 12.4 Å². The first-order valence-electron chi connectivity index (χ1n) is 10.5. The van der Waals surface area contributed by atoms with Crippen LogP contribution in [-0.2, 0) is 9.47 Å². The summed E-state index contributed by atoms with van der Waals surface area (Å²) in [5.74, 6) is 0. The summed E-state index contributed by atoms with van der Waals surface area (Å²) in [6, 6.07) is 0. The van der Waals surface area contributed by atoms with Crippen LogP contribution in [0.15, 0.2) is 0 Å². The van der Waals surface area contributed by atoms with Crippen molar-refractivity contribution < 1.29 is 9.47 Å². The second kappa shape index (κ2) is 18.9. The molecule has 0 aliphatic carbocycles. The highest BCUT2D eigenvalue weighted by molar-refractivity contribution is 5.85. The zero-order valence-electron chi connectivity index (χ0n) is 17.5. The summed E-state index contributed by atoms with van der Waals surface area (Å²) in [4.78, 5) is 0. The van der Waals surface area contributed by atoms with Crippen molar-refractivity contribution in [1.29, 1.82) is 0 Å². The Bertz CT molecular complexity index is 262. The fraction of sp³-hybridized carbons (Fsp3) is 1.00. The number of hydrogen-bond acceptors (Lipinski definition) is 3. The van der Waals surface area contributed by atoms with Crippen LogP contribution in [0.5, 0.6) is 0 Å². The standard InChI is InChI=1S/C21H45NO2.ClH/c1-5-7-9-11-13-15-17-23-20(19-22)21(3,4)24-18-16-14-12-10-8-6-2;/h20H,5-19,22H2,1-4H3;1H. The Labute approximate surface area is 164 Å². The van der Waals surface area contributed by atoms with Gasteiger partial charge in [-0.25, -0.2) is 0 Å². The van der Waals surface area contributed by atoms with Gasteiger partial charge in [0.05, 0.1) is 11.7 Å². The third-order valence-electron chi connectivity index (χ3n) is 4.78. The highest BCUT2D eigenvalue weighted by atomic mass is 35.5. The first kappa shape index (κ1) is 27.4. The topological polar surface area (TPSA) is 44.5 Å². The lowest BCUT2D eigenvalue weighted by Crippen LogP contribution is -2.46. The van der Waals surface area contributed by atoms with Crippen molar-refractivity contribution in [2.24, 2.45) is 5.73 Å². The summed E-state index contributed by atoms with van der Waals surface area (Å²) < 4.78 is 12.1. The first-order chi connectivity index (χ1) is 11.6. The van der Waals surface area contributed by atoms with Crippen LogP contribution in [-0.4, -0.2) is 31.5 Å². The number of ether oxygens (including phenoxy) is 2. The van der Waals surface area contributed by atoms with E-state index in [-0.39, 0.29) is 24.1 Å². The molecule has 0 rings (SSSR count). The minimum Gasteiger partial charge on any atom is -0.374 e. The van der Waals surface area contributed by atoms with Gasteiger partial charge in [-0.05, 0) is 26.7 Å². The van der Waals surface area contributed by atoms with Crippen molar-refractivity contribution in [3.8, 4) is 0 Å². The van der Waals surface area contributed by atoms with Gasteiger partial charge in [-0.1, -0.05) is 78.1 Å². The molecule has 0 aliphatic rings. The quantitative estimate of drug-likeness (QED) is 0.285. The molecule has 3 nitrogen and oxygen atoms in total. The fourth-order valence-electron chi connectivity index (χ4n) is 2.97. The van der Waals surface area contributed by atoms with Crippen molar-refractivity contribution in [2.45, 2.75) is 116 Å². The van der Waals surface area contributed by atoms with E-state index < -0.39 is 0 Å². The molecule has 0 saturated carbocycles. The monoisotopic (exact) mass is 379 g/mol. The summed E-state index contributed by atoms with van der Waals surface area (Å²) in [5.41, 5.74) is 5.63. The van der Waals surface area contributed by atoms with Crippen LogP contribution in [0.25, 0.3) is 0 Å². The van der Waals surface area contributed by atoms with E-state index in [2.05, 4.69) is 27.7 Å². The Balaban J connectivity index is 0. The SMILES string of the molecule is CCCCCCCCOC(CN)C(C)(C)OCCCCCCCC.Cl. The minimum absolute atomic E-state index is 0. The number of rotatable bonds is 18. The van der Waals surface area contributed by atoms with Crippen LogP contribution in [0.4, 0.5) is 0 Å². The smallest absolute Gasteiger partial charge is 0.0980 e. The summed E-state index contributed by atoms with van der Waals surface area (Å²) in [6.45, 7) is 10.9. The Morgan fingerprint density at radius 3 is 1.64 bits per heavy atom. The van der Waals surface area contributed by atoms with Gasteiger partial charge >= 0.3 is 0 Å². The number of nitrogens with two attached hydrogens (primary N) is 1. The summed E-state index contributed by atoms with van der Waals surface area (Å²) >= 11 is 0. The molecule has 0 radical (unpaired) electrons. The maximum Gasteiger partial charge on any atom is 0.0980 e. The molecule has 0 spiro atoms. The van der Waals surface area contributed by atoms with Crippen molar-refractivity contribution in [2.75, 3.05) is 19.8 Å². The summed E-state index contributed by atoms with van der Waals surface area (Å²) in [7, 11) is 0. The molecule has 0 aromatic carbocycles. The van der Waals surface area contributed by atoms with E-state index in [0.29, 0.717) is 6.54 Å². The van der Waals surface area contributed by atoms with Crippen molar-refractivity contribution in [3.63, 3.8) is 0 Å². The zero-order chi connectivity index (χ0) is 18.1. The molecule has 0 aromatic heterocycles. The molecule has 0 aromatic rings. The number of unbranched alkanes of at least 4 members (excludes halogenated alkanes) is 10. The normalized spacial score (nSPS) is 12.8. The Morgan fingerprint density at radius 1 is 0.720 bits per heavy atom. The third kappa shape index (κ3) is 16.1. The molecule has 0 aliphatic heterocycles. The Morgan fingerprint density at radius 2 is 1.16 bits per heavy atom. The number of hydrogen-bond donors (Lipinski definition) is 1. The van der Waals surface area contributed by atoms with E-state index in [1.54, 1.807) is 0 Å². The summed E-state index contributed by atoms with van der Waals surface area (Å²) in [5, 5.41) is 0. The maximum atomic E-state index is 6.09. The maximum absolute atomic E-state index is 6.09. The van der Waals surface area contributed by atoms with Crippen LogP contribution in [0.1, 0.15) is 105 Å². The lowest BCUT2D eigenvalue weighted by atomic mass is 10.0. The van der Waals surface area contributed by atoms with E-state index in [1.807, 2.05) is 0 Å². The Kier molecular flexibility index (Phi) is 20.8. The van der Waals surface area contributed by atoms with E-state index in [9.17, 15) is 0 Å². The summed E-state index contributed by atoms with van der Waals surface area (Å²) in [6.07, 6.45) is 15.5. The van der Waals surface area contributed by atoms with Gasteiger partial charge in [0.2, 0.25) is 0 Å². The molecule has 4 heteroatoms. The van der Waals surface area contributed by atoms with Crippen molar-refractivity contribution >= 4 is 12.4 Å². The van der Waals surface area contributed by atoms with Crippen LogP contribution in [0, 0.1) is 0 Å². The molecule has 2 N–H and O–H groups in total. The second-order valence-corrected chi connectivity index (χ2v) is 7.58. The average molecular weight is 380 g/mol. The van der Waals surface area contributed by atoms with Gasteiger partial charge in [-0.3, -0.25) is 0 Å². The van der Waals surface area contributed by atoms with Gasteiger partial charge in [0.25, 0.3) is 0 Å². The number of halogens is 1. The molecule has 0 amide bonds. The highest BCUT2D eigenvalue weighted by Gasteiger charge is 2.29. The fourth-order valence-corrected chi connectivity index (χ4v) is 2.97. The van der Waals surface area contributed by atoms with E-state index in [1.165, 1.54) is 64.2 Å². The largest absolute Gasteiger partial charge is 0.374 e. The molecular formula is C21H46ClNO2. The molecule has 1 atom stereocenters. The molecule has 0 fully saturated rings. The minimum atomic E-state index is -0.291. The molecule has 0 heterocycles. The van der Waals surface area contributed by atoms with Crippen molar-refractivity contribution in [3.05, 3.63) is 0 Å². The third-order valence-corrected chi connectivity index (χ3v) is 4.78. The van der Waals surface area contributed by atoms with E-state index in [4.69, 9.17) is 15.2 Å². The molecular weight excluding hydrogens is 334 g/mol. The molecule has 1 unspecified atom stereocenters. The molecule has 0 saturated heterocycles. The second-order valence-electron chi connectivity index (χ2n) is 7.58. The van der Waals surface area contributed by atoms with E-state index in [0.717, 1.165) is 26.1 Å². The zero-order valence-corrected chi connectivity index (χ0v) is 18.3. The molecule has 25 heavy (non-hydrogen) atoms. The molecule has 154 valence electrons.